The normalized spacial score (nSPS) is 15.0. The van der Waals surface area contributed by atoms with E-state index in [0.717, 1.165) is 102 Å². The lowest BCUT2D eigenvalue weighted by atomic mass is 9.97. The van der Waals surface area contributed by atoms with Crippen LogP contribution in [0.3, 0.4) is 0 Å². The van der Waals surface area contributed by atoms with Crippen LogP contribution in [-0.2, 0) is 6.54 Å². The van der Waals surface area contributed by atoms with Crippen LogP contribution in [0.4, 0.5) is 23.0 Å². The zero-order chi connectivity index (χ0) is 43.6. The van der Waals surface area contributed by atoms with Crippen molar-refractivity contribution in [2.45, 2.75) is 98.4 Å². The van der Waals surface area contributed by atoms with Crippen molar-refractivity contribution in [2.75, 3.05) is 19.8 Å². The second kappa shape index (κ2) is 20.5. The number of aryl methyl sites for hydroxylation is 1. The molecule has 62 heavy (non-hydrogen) atoms. The molecule has 2 heterocycles. The van der Waals surface area contributed by atoms with Crippen molar-refractivity contribution in [1.82, 2.24) is 4.57 Å². The molecule has 1 aliphatic heterocycles. The van der Waals surface area contributed by atoms with Crippen molar-refractivity contribution in [3.05, 3.63) is 137 Å². The van der Waals surface area contributed by atoms with Crippen molar-refractivity contribution in [2.24, 2.45) is 0 Å². The molecule has 0 fully saturated rings. The van der Waals surface area contributed by atoms with E-state index in [2.05, 4.69) is 152 Å². The summed E-state index contributed by atoms with van der Waals surface area (Å²) < 4.78 is 56.8. The molecule has 2 aliphatic rings. The van der Waals surface area contributed by atoms with Gasteiger partial charge in [0.2, 0.25) is 11.4 Å². The van der Waals surface area contributed by atoms with E-state index in [4.69, 9.17) is 9.47 Å². The van der Waals surface area contributed by atoms with Crippen LogP contribution in [0.1, 0.15) is 103 Å². The fourth-order valence-corrected chi connectivity index (χ4v) is 8.92. The predicted octanol–water partition coefficient (Wildman–Crippen LogP) is 14.6. The van der Waals surface area contributed by atoms with Gasteiger partial charge in [-0.3, -0.25) is 0 Å². The van der Waals surface area contributed by atoms with Crippen molar-refractivity contribution in [3.8, 4) is 11.5 Å². The van der Waals surface area contributed by atoms with Gasteiger partial charge in [-0.05, 0) is 84.7 Å². The average Bonchev–Trinajstić information content (AvgIpc) is 3.92. The quantitative estimate of drug-likeness (QED) is 0.0373. The van der Waals surface area contributed by atoms with E-state index in [1.54, 1.807) is 0 Å². The molecule has 0 unspecified atom stereocenters. The van der Waals surface area contributed by atoms with Gasteiger partial charge in [-0.2, -0.15) is 4.58 Å². The number of halogens is 4. The Kier molecular flexibility index (Phi) is 14.7. The molecule has 0 saturated carbocycles. The number of hydrogen-bond donors (Lipinski definition) is 0. The van der Waals surface area contributed by atoms with E-state index in [1.165, 1.54) is 77.0 Å². The first-order valence-corrected chi connectivity index (χ1v) is 22.7. The molecule has 0 atom stereocenters. The lowest BCUT2D eigenvalue weighted by Crippen LogP contribution is -2.16. The molecule has 0 spiro atoms. The minimum absolute atomic E-state index is 0.753. The van der Waals surface area contributed by atoms with Gasteiger partial charge < -0.3 is 31.3 Å². The minimum Gasteiger partial charge on any atom is -0.493 e. The van der Waals surface area contributed by atoms with Gasteiger partial charge in [0.1, 0.15) is 18.0 Å². The molecule has 4 nitrogen and oxygen atoms in total. The fourth-order valence-electron chi connectivity index (χ4n) is 8.92. The molecule has 324 valence electrons. The van der Waals surface area contributed by atoms with Crippen LogP contribution in [0.2, 0.25) is 0 Å². The number of hydrogen-bond acceptors (Lipinski definition) is 2. The Morgan fingerprint density at radius 3 is 1.94 bits per heavy atom. The second-order valence-corrected chi connectivity index (χ2v) is 16.3. The monoisotopic (exact) mass is 842 g/mol. The van der Waals surface area contributed by atoms with E-state index < -0.39 is 7.25 Å². The summed E-state index contributed by atoms with van der Waals surface area (Å²) in [4.78, 5) is 0. The molecule has 0 N–H and O–H groups in total. The number of nitrogens with zero attached hydrogens (tertiary/aromatic N) is 2. The Labute approximate surface area is 364 Å². The summed E-state index contributed by atoms with van der Waals surface area (Å²) in [6.07, 6.45) is 20.7. The Morgan fingerprint density at radius 2 is 1.26 bits per heavy atom. The predicted molar refractivity (Wildman–Crippen MR) is 253 cm³/mol. The summed E-state index contributed by atoms with van der Waals surface area (Å²) in [7, 11) is -6.00. The fraction of sp³-hybridized carbons (Fsp3) is 0.340. The third-order valence-electron chi connectivity index (χ3n) is 11.9. The third-order valence-corrected chi connectivity index (χ3v) is 11.9. The first-order valence-electron chi connectivity index (χ1n) is 22.7. The molecule has 6 aromatic rings. The van der Waals surface area contributed by atoms with E-state index in [1.807, 2.05) is 0 Å². The van der Waals surface area contributed by atoms with Gasteiger partial charge in [-0.1, -0.05) is 126 Å². The van der Waals surface area contributed by atoms with Crippen molar-refractivity contribution < 1.29 is 31.3 Å². The summed E-state index contributed by atoms with van der Waals surface area (Å²) in [6.45, 7) is 12.5. The van der Waals surface area contributed by atoms with E-state index in [9.17, 15) is 17.3 Å². The highest BCUT2D eigenvalue weighted by molar-refractivity contribution is 6.50. The Hall–Kier alpha value is -5.57. The van der Waals surface area contributed by atoms with Crippen LogP contribution in [0.15, 0.2) is 120 Å². The molecule has 1 aliphatic carbocycles. The van der Waals surface area contributed by atoms with Gasteiger partial charge in [0, 0.05) is 57.5 Å². The minimum atomic E-state index is -6.00. The molecule has 0 saturated heterocycles. The van der Waals surface area contributed by atoms with E-state index in [0.29, 0.717) is 0 Å². The van der Waals surface area contributed by atoms with Gasteiger partial charge in [0.05, 0.1) is 24.2 Å². The summed E-state index contributed by atoms with van der Waals surface area (Å²) in [5.41, 5.74) is 10.6. The van der Waals surface area contributed by atoms with Gasteiger partial charge in [0.25, 0.3) is 0 Å². The Morgan fingerprint density at radius 1 is 0.629 bits per heavy atom. The number of allylic oxidation sites excluding steroid dienone is 6. The summed E-state index contributed by atoms with van der Waals surface area (Å²) in [5, 5.41) is 7.66. The van der Waals surface area contributed by atoms with Gasteiger partial charge in [0.15, 0.2) is 0 Å². The third kappa shape index (κ3) is 9.88. The Balaban J connectivity index is 0.00000109. The molecule has 1 aromatic heterocycles. The lowest BCUT2D eigenvalue weighted by Gasteiger charge is -2.10. The SMILES string of the molecule is CCCCOc1ccc2c3c(cccc13)C(/C=C/C1=C(c3ccccc3)C(=C/C=c3\c4cccc5c(OCCCC)ccc(c54)n3CCCC)/CC1)=[N+]2CCCC.F[B-](F)(F)F. The number of unbranched alkanes of at least 4 members (excludes halogenated alkanes) is 4. The summed E-state index contributed by atoms with van der Waals surface area (Å²) in [5.74, 6) is 1.99. The highest BCUT2D eigenvalue weighted by Gasteiger charge is 2.32. The van der Waals surface area contributed by atoms with Crippen LogP contribution in [0, 0.1) is 0 Å². The van der Waals surface area contributed by atoms with Crippen molar-refractivity contribution in [1.29, 1.82) is 0 Å². The number of ether oxygens (including phenoxy) is 2. The zero-order valence-corrected chi connectivity index (χ0v) is 36.7. The molecular formula is C53H59BF4N2O2. The van der Waals surface area contributed by atoms with E-state index >= 15 is 0 Å². The molecule has 0 amide bonds. The van der Waals surface area contributed by atoms with Crippen LogP contribution in [0.5, 0.6) is 11.5 Å². The smallest absolute Gasteiger partial charge is 0.493 e. The van der Waals surface area contributed by atoms with Crippen LogP contribution in [-0.4, -0.2) is 41.9 Å². The number of benzene rings is 5. The molecule has 5 aromatic carbocycles. The van der Waals surface area contributed by atoms with Gasteiger partial charge >= 0.3 is 7.25 Å². The van der Waals surface area contributed by atoms with Gasteiger partial charge in [-0.25, -0.2) is 0 Å². The summed E-state index contributed by atoms with van der Waals surface area (Å²) in [6, 6.07) is 33.5. The maximum absolute atomic E-state index is 9.75. The highest BCUT2D eigenvalue weighted by Crippen LogP contribution is 2.42. The molecule has 0 radical (unpaired) electrons. The molecule has 0 bridgehead atoms. The molecule has 8 rings (SSSR count). The van der Waals surface area contributed by atoms with Crippen LogP contribution < -0.4 is 14.8 Å². The molecular weight excluding hydrogens is 783 g/mol. The van der Waals surface area contributed by atoms with Gasteiger partial charge in [-0.15, -0.1) is 0 Å². The highest BCUT2D eigenvalue weighted by atomic mass is 19.5. The molecule has 9 heteroatoms. The first-order chi connectivity index (χ1) is 30.2. The van der Waals surface area contributed by atoms with Crippen LogP contribution in [0.25, 0.3) is 44.1 Å². The zero-order valence-electron chi connectivity index (χ0n) is 36.7. The van der Waals surface area contributed by atoms with Crippen molar-refractivity contribution >= 4 is 62.8 Å². The summed E-state index contributed by atoms with van der Waals surface area (Å²) >= 11 is 0. The maximum atomic E-state index is 9.75. The second-order valence-electron chi connectivity index (χ2n) is 16.3. The number of rotatable bonds is 18. The largest absolute Gasteiger partial charge is 0.673 e. The standard InChI is InChI=1S/C53H59N2O2.BF4/c1-5-9-34-54-45(41-20-16-22-43-49(56-36-11-7-3)32-30-47(54)52(41)43)28-26-39-24-25-40(51(39)38-18-14-13-15-19-38)27-29-46-42-21-17-23-44-50(57-37-12-8-4)33-31-48(53(42)44)55(46)35-10-6-2;2-1(3,4)5/h13-23,26-33H,5-12,24-25,34-37H2,1-4H3;/q+1;-1. The van der Waals surface area contributed by atoms with Crippen molar-refractivity contribution in [3.63, 3.8) is 0 Å². The van der Waals surface area contributed by atoms with E-state index in [-0.39, 0.29) is 0 Å². The Bertz CT molecular complexity index is 2680. The lowest BCUT2D eigenvalue weighted by molar-refractivity contribution is -0.436. The number of aromatic nitrogens is 1. The first kappa shape index (κ1) is 44.5. The average molecular weight is 843 g/mol. The van der Waals surface area contributed by atoms with Crippen LogP contribution >= 0.6 is 0 Å². The maximum Gasteiger partial charge on any atom is 0.673 e. The topological polar surface area (TPSA) is 26.4 Å².